The van der Waals surface area contributed by atoms with E-state index in [4.69, 9.17) is 9.47 Å². The highest BCUT2D eigenvalue weighted by Crippen LogP contribution is 2.15. The lowest BCUT2D eigenvalue weighted by atomic mass is 10.0. The lowest BCUT2D eigenvalue weighted by Crippen LogP contribution is -2.28. The van der Waals surface area contributed by atoms with Gasteiger partial charge in [0.25, 0.3) is 0 Å². The summed E-state index contributed by atoms with van der Waals surface area (Å²) in [6.45, 7) is 4.00. The summed E-state index contributed by atoms with van der Waals surface area (Å²) < 4.78 is 10.7. The molecule has 1 N–H and O–H groups in total. The minimum Gasteiger partial charge on any atom is -0.462 e. The second kappa shape index (κ2) is 53.2. The molecule has 0 rings (SSSR count). The fourth-order valence-corrected chi connectivity index (χ4v) is 7.18. The van der Waals surface area contributed by atoms with Gasteiger partial charge in [-0.3, -0.25) is 9.59 Å². The van der Waals surface area contributed by atoms with Crippen molar-refractivity contribution in [3.05, 3.63) is 97.2 Å². The van der Waals surface area contributed by atoms with Crippen LogP contribution in [0.5, 0.6) is 0 Å². The van der Waals surface area contributed by atoms with Gasteiger partial charge >= 0.3 is 11.9 Å². The molecule has 360 valence electrons. The van der Waals surface area contributed by atoms with E-state index >= 15 is 0 Å². The summed E-state index contributed by atoms with van der Waals surface area (Å²) in [7, 11) is 0. The van der Waals surface area contributed by atoms with Crippen LogP contribution in [0.4, 0.5) is 0 Å². The molecule has 0 heterocycles. The molecule has 0 saturated heterocycles. The van der Waals surface area contributed by atoms with Crippen molar-refractivity contribution in [1.82, 2.24) is 0 Å². The minimum atomic E-state index is -0.783. The number of allylic oxidation sites excluding steroid dienone is 16. The van der Waals surface area contributed by atoms with E-state index in [1.807, 2.05) is 0 Å². The van der Waals surface area contributed by atoms with Crippen molar-refractivity contribution in [3.63, 3.8) is 0 Å². The summed E-state index contributed by atoms with van der Waals surface area (Å²) in [4.78, 5) is 24.4. The largest absolute Gasteiger partial charge is 0.462 e. The number of aliphatic hydroxyl groups is 1. The Morgan fingerprint density at radius 1 is 0.381 bits per heavy atom. The Hall–Kier alpha value is -3.18. The van der Waals surface area contributed by atoms with Crippen molar-refractivity contribution < 1.29 is 24.2 Å². The van der Waals surface area contributed by atoms with Crippen LogP contribution < -0.4 is 0 Å². The maximum atomic E-state index is 12.3. The molecule has 0 bridgehead atoms. The van der Waals surface area contributed by atoms with Gasteiger partial charge in [0.15, 0.2) is 6.10 Å². The first-order valence-corrected chi connectivity index (χ1v) is 26.3. The topological polar surface area (TPSA) is 72.8 Å². The van der Waals surface area contributed by atoms with Crippen molar-refractivity contribution in [1.29, 1.82) is 0 Å². The number of ether oxygens (including phenoxy) is 2. The van der Waals surface area contributed by atoms with E-state index in [2.05, 4.69) is 111 Å². The van der Waals surface area contributed by atoms with E-state index in [-0.39, 0.29) is 25.2 Å². The Labute approximate surface area is 389 Å². The van der Waals surface area contributed by atoms with E-state index in [9.17, 15) is 14.7 Å². The van der Waals surface area contributed by atoms with Crippen molar-refractivity contribution in [2.45, 2.75) is 245 Å². The molecule has 0 aliphatic rings. The molecule has 0 saturated carbocycles. The lowest BCUT2D eigenvalue weighted by Gasteiger charge is -2.15. The van der Waals surface area contributed by atoms with Crippen LogP contribution in [-0.4, -0.2) is 36.4 Å². The molecule has 0 aromatic rings. The number of hydrogen-bond acceptors (Lipinski definition) is 5. The Kier molecular flexibility index (Phi) is 50.5. The Morgan fingerprint density at radius 2 is 0.683 bits per heavy atom. The molecule has 0 fully saturated rings. The summed E-state index contributed by atoms with van der Waals surface area (Å²) in [6, 6.07) is 0. The van der Waals surface area contributed by atoms with Crippen LogP contribution in [0.1, 0.15) is 239 Å². The molecule has 0 radical (unpaired) electrons. The molecule has 0 aromatic heterocycles. The standard InChI is InChI=1S/C58H98O5/c1-3-5-7-9-11-13-15-17-19-21-22-23-24-25-26-27-28-29-30-31-32-33-34-35-36-37-39-41-43-45-47-49-51-53-58(61)63-56(54-59)55-62-57(60)52-50-48-46-44-42-40-38-20-18-16-14-12-10-8-6-4-2/h5,7,11,13-14,16-17,19-20,22-23,25-26,28-29,38,56,59H,3-4,6,8-10,12,15,18,21,24,27,30-37,39-55H2,1-2H3/b7-5-,13-11-,16-14-,19-17-,23-22-,26-25-,29-28-,38-20-. The van der Waals surface area contributed by atoms with Gasteiger partial charge in [-0.2, -0.15) is 0 Å². The van der Waals surface area contributed by atoms with Gasteiger partial charge in [-0.15, -0.1) is 0 Å². The highest BCUT2D eigenvalue weighted by atomic mass is 16.6. The SMILES string of the molecule is CC/C=C\C/C=C\C/C=C\C/C=C\C/C=C\C/C=C\CCCCCCCCCCCCCCCCC(=O)OC(CO)COC(=O)CCCCCCC/C=C\C/C=C\CCCCCC. The summed E-state index contributed by atoms with van der Waals surface area (Å²) in [5, 5.41) is 9.62. The van der Waals surface area contributed by atoms with Gasteiger partial charge in [-0.25, -0.2) is 0 Å². The van der Waals surface area contributed by atoms with Crippen molar-refractivity contribution in [2.75, 3.05) is 13.2 Å². The van der Waals surface area contributed by atoms with Crippen LogP contribution in [0, 0.1) is 0 Å². The molecule has 63 heavy (non-hydrogen) atoms. The summed E-state index contributed by atoms with van der Waals surface area (Å²) >= 11 is 0. The van der Waals surface area contributed by atoms with Crippen LogP contribution in [0.25, 0.3) is 0 Å². The first kappa shape index (κ1) is 59.8. The maximum absolute atomic E-state index is 12.3. The highest BCUT2D eigenvalue weighted by Gasteiger charge is 2.16. The fraction of sp³-hybridized carbons (Fsp3) is 0.690. The van der Waals surface area contributed by atoms with Crippen LogP contribution >= 0.6 is 0 Å². The molecule has 5 heteroatoms. The molecular weight excluding hydrogens is 777 g/mol. The molecule has 0 aliphatic carbocycles. The third kappa shape index (κ3) is 51.3. The fourth-order valence-electron chi connectivity index (χ4n) is 7.18. The summed E-state index contributed by atoms with van der Waals surface area (Å²) in [6.07, 6.45) is 75.1. The first-order chi connectivity index (χ1) is 31.1. The predicted molar refractivity (Wildman–Crippen MR) is 274 cm³/mol. The van der Waals surface area contributed by atoms with E-state index in [1.54, 1.807) is 0 Å². The van der Waals surface area contributed by atoms with Crippen molar-refractivity contribution in [3.8, 4) is 0 Å². The van der Waals surface area contributed by atoms with Crippen LogP contribution in [-0.2, 0) is 19.1 Å². The van der Waals surface area contributed by atoms with Gasteiger partial charge in [0.1, 0.15) is 6.61 Å². The second-order valence-corrected chi connectivity index (χ2v) is 17.2. The van der Waals surface area contributed by atoms with Crippen molar-refractivity contribution >= 4 is 11.9 Å². The van der Waals surface area contributed by atoms with E-state index in [1.165, 1.54) is 122 Å². The Morgan fingerprint density at radius 3 is 1.03 bits per heavy atom. The minimum absolute atomic E-state index is 0.0762. The van der Waals surface area contributed by atoms with Crippen LogP contribution in [0.2, 0.25) is 0 Å². The van der Waals surface area contributed by atoms with Gasteiger partial charge in [0.2, 0.25) is 0 Å². The van der Waals surface area contributed by atoms with E-state index in [0.717, 1.165) is 89.9 Å². The molecule has 1 unspecified atom stereocenters. The number of carbonyl (C=O) groups is 2. The van der Waals surface area contributed by atoms with E-state index in [0.29, 0.717) is 12.8 Å². The van der Waals surface area contributed by atoms with Gasteiger partial charge in [0.05, 0.1) is 6.61 Å². The summed E-state index contributed by atoms with van der Waals surface area (Å²) in [5.74, 6) is -0.607. The number of carbonyl (C=O) groups excluding carboxylic acids is 2. The molecule has 0 aromatic carbocycles. The predicted octanol–water partition coefficient (Wildman–Crippen LogP) is 17.6. The quantitative estimate of drug-likeness (QED) is 0.0375. The number of unbranched alkanes of at least 4 members (excludes halogenated alkanes) is 23. The molecular formula is C58H98O5. The second-order valence-electron chi connectivity index (χ2n) is 17.2. The monoisotopic (exact) mass is 875 g/mol. The van der Waals surface area contributed by atoms with Crippen LogP contribution in [0.3, 0.4) is 0 Å². The average Bonchev–Trinajstić information content (AvgIpc) is 3.29. The van der Waals surface area contributed by atoms with Gasteiger partial charge < -0.3 is 14.6 Å². The summed E-state index contributed by atoms with van der Waals surface area (Å²) in [5.41, 5.74) is 0. The number of hydrogen-bond donors (Lipinski definition) is 1. The van der Waals surface area contributed by atoms with Gasteiger partial charge in [-0.05, 0) is 96.3 Å². The Balaban J connectivity index is 3.52. The van der Waals surface area contributed by atoms with Crippen LogP contribution in [0.15, 0.2) is 97.2 Å². The molecule has 0 aliphatic heterocycles. The zero-order valence-corrected chi connectivity index (χ0v) is 41.1. The zero-order chi connectivity index (χ0) is 45.6. The molecule has 5 nitrogen and oxygen atoms in total. The van der Waals surface area contributed by atoms with Gasteiger partial charge in [0, 0.05) is 12.8 Å². The first-order valence-electron chi connectivity index (χ1n) is 26.3. The Bertz CT molecular complexity index is 1220. The van der Waals surface area contributed by atoms with E-state index < -0.39 is 6.10 Å². The highest BCUT2D eigenvalue weighted by molar-refractivity contribution is 5.70. The number of esters is 2. The van der Waals surface area contributed by atoms with Gasteiger partial charge in [-0.1, -0.05) is 227 Å². The number of aliphatic hydroxyl groups excluding tert-OH is 1. The van der Waals surface area contributed by atoms with Crippen molar-refractivity contribution in [2.24, 2.45) is 0 Å². The molecule has 1 atom stereocenters. The average molecular weight is 875 g/mol. The third-order valence-corrected chi connectivity index (χ3v) is 11.1. The zero-order valence-electron chi connectivity index (χ0n) is 41.1. The normalized spacial score (nSPS) is 13.0. The molecule has 0 spiro atoms. The third-order valence-electron chi connectivity index (χ3n) is 11.1. The maximum Gasteiger partial charge on any atom is 0.306 e. The lowest BCUT2D eigenvalue weighted by molar-refractivity contribution is -0.161. The molecule has 0 amide bonds. The number of rotatable bonds is 47. The smallest absolute Gasteiger partial charge is 0.306 e.